The van der Waals surface area contributed by atoms with Gasteiger partial charge in [-0.1, -0.05) is 21.0 Å². The van der Waals surface area contributed by atoms with E-state index in [-0.39, 0.29) is 0 Å². The smallest absolute Gasteiger partial charge is 0.330 e. The van der Waals surface area contributed by atoms with Crippen LogP contribution in [0.2, 0.25) is 0 Å². The molecule has 11 heavy (non-hydrogen) atoms. The van der Waals surface area contributed by atoms with E-state index in [1.165, 1.54) is 0 Å². The van der Waals surface area contributed by atoms with E-state index in [1.54, 1.807) is 0 Å². The normalized spacial score (nSPS) is 9.18. The van der Waals surface area contributed by atoms with E-state index in [2.05, 4.69) is 30.7 Å². The molecule has 0 atom stereocenters. The largest absolute Gasteiger partial charge is 0.462 e. The zero-order valence-electron chi connectivity index (χ0n) is 5.61. The summed E-state index contributed by atoms with van der Waals surface area (Å²) in [6.07, 6.45) is 2.10. The van der Waals surface area contributed by atoms with Crippen molar-refractivity contribution in [1.82, 2.24) is 0 Å². The number of nitrogens with zero attached hydrogens (tertiary/aromatic N) is 3. The van der Waals surface area contributed by atoms with Gasteiger partial charge in [-0.2, -0.15) is 0 Å². The molecule has 0 fully saturated rings. The highest BCUT2D eigenvalue weighted by molar-refractivity contribution is 9.09. The molecule has 0 aliphatic heterocycles. The van der Waals surface area contributed by atoms with Crippen molar-refractivity contribution < 1.29 is 9.53 Å². The molecule has 0 radical (unpaired) electrons. The third-order valence-electron chi connectivity index (χ3n) is 0.650. The van der Waals surface area contributed by atoms with E-state index in [0.29, 0.717) is 11.9 Å². The Kier molecular flexibility index (Phi) is 6.46. The summed E-state index contributed by atoms with van der Waals surface area (Å²) >= 11 is 3.08. The summed E-state index contributed by atoms with van der Waals surface area (Å²) in [5, 5.41) is 3.60. The van der Waals surface area contributed by atoms with Crippen LogP contribution in [0.5, 0.6) is 0 Å². The van der Waals surface area contributed by atoms with Gasteiger partial charge in [-0.25, -0.2) is 4.79 Å². The molecule has 0 rings (SSSR count). The molecule has 6 heteroatoms. The third-order valence-corrected chi connectivity index (χ3v) is 0.974. The van der Waals surface area contributed by atoms with Gasteiger partial charge in [0.15, 0.2) is 0 Å². The van der Waals surface area contributed by atoms with E-state index in [9.17, 15) is 4.79 Å². The van der Waals surface area contributed by atoms with Crippen LogP contribution in [0.15, 0.2) is 17.4 Å². The molecule has 0 aliphatic rings. The number of ether oxygens (including phenoxy) is 1. The van der Waals surface area contributed by atoms with Gasteiger partial charge in [0, 0.05) is 22.5 Å². The lowest BCUT2D eigenvalue weighted by atomic mass is 10.6. The number of hydrogen-bond acceptors (Lipinski definition) is 3. The lowest BCUT2D eigenvalue weighted by Gasteiger charge is -1.94. The summed E-state index contributed by atoms with van der Waals surface area (Å²) in [5.41, 5.74) is 7.80. The van der Waals surface area contributed by atoms with E-state index >= 15 is 0 Å². The van der Waals surface area contributed by atoms with Crippen LogP contribution in [-0.2, 0) is 9.53 Å². The average molecular weight is 220 g/mol. The van der Waals surface area contributed by atoms with Gasteiger partial charge in [-0.05, 0) is 5.53 Å². The van der Waals surface area contributed by atoms with Crippen molar-refractivity contribution in [3.63, 3.8) is 0 Å². The second kappa shape index (κ2) is 7.11. The van der Waals surface area contributed by atoms with Gasteiger partial charge in [-0.15, -0.1) is 0 Å². The van der Waals surface area contributed by atoms with Crippen LogP contribution < -0.4 is 0 Å². The fourth-order valence-corrected chi connectivity index (χ4v) is 0.473. The molecule has 60 valence electrons. The van der Waals surface area contributed by atoms with Gasteiger partial charge in [0.05, 0.1) is 0 Å². The number of hydrogen-bond donors (Lipinski definition) is 0. The number of carbonyl (C=O) groups excluding carboxylic acids is 1. The van der Waals surface area contributed by atoms with Crippen molar-refractivity contribution in [3.8, 4) is 0 Å². The molecule has 0 N–H and O–H groups in total. The zero-order valence-corrected chi connectivity index (χ0v) is 7.19. The minimum atomic E-state index is -0.517. The Balaban J connectivity index is 3.59. The fraction of sp³-hybridized carbons (Fsp3) is 0.400. The predicted molar refractivity (Wildman–Crippen MR) is 43.0 cm³/mol. The fourth-order valence-electron chi connectivity index (χ4n) is 0.311. The Morgan fingerprint density at radius 1 is 1.82 bits per heavy atom. The Hall–Kier alpha value is -1.00. The van der Waals surface area contributed by atoms with Crippen LogP contribution >= 0.6 is 15.9 Å². The number of alkyl halides is 1. The van der Waals surface area contributed by atoms with Crippen molar-refractivity contribution in [3.05, 3.63) is 22.7 Å². The summed E-state index contributed by atoms with van der Waals surface area (Å²) in [6, 6.07) is 0. The minimum Gasteiger partial charge on any atom is -0.462 e. The van der Waals surface area contributed by atoms with E-state index in [1.807, 2.05) is 0 Å². The maximum absolute atomic E-state index is 10.6. The number of carbonyl (C=O) groups is 1. The second-order valence-electron chi connectivity index (χ2n) is 1.38. The summed E-state index contributed by atoms with van der Waals surface area (Å²) in [4.78, 5) is 13.0. The minimum absolute atomic E-state index is 0.305. The van der Waals surface area contributed by atoms with Gasteiger partial charge in [0.2, 0.25) is 0 Å². The van der Waals surface area contributed by atoms with Crippen molar-refractivity contribution in [2.45, 2.75) is 0 Å². The molecule has 5 nitrogen and oxygen atoms in total. The standard InChI is InChI=1S/C5H6BrN3O2/c6-2-4-11-5(10)1-3-8-9-7/h1,3H,2,4H2/b3-1+. The average Bonchev–Trinajstić information content (AvgIpc) is 2.01. The highest BCUT2D eigenvalue weighted by Gasteiger charge is 1.92. The molecule has 0 aromatic heterocycles. The summed E-state index contributed by atoms with van der Waals surface area (Å²) in [5.74, 6) is -0.517. The molecule has 0 unspecified atom stereocenters. The van der Waals surface area contributed by atoms with Gasteiger partial charge in [-0.3, -0.25) is 0 Å². The van der Waals surface area contributed by atoms with Crippen LogP contribution in [0.3, 0.4) is 0 Å². The predicted octanol–water partition coefficient (Wildman–Crippen LogP) is 1.75. The molecule has 0 heterocycles. The maximum atomic E-state index is 10.6. The molecule has 0 amide bonds. The Labute approximate surface area is 71.8 Å². The van der Waals surface area contributed by atoms with Crippen molar-refractivity contribution in [2.24, 2.45) is 5.11 Å². The highest BCUT2D eigenvalue weighted by atomic mass is 79.9. The Morgan fingerprint density at radius 3 is 3.09 bits per heavy atom. The van der Waals surface area contributed by atoms with Gasteiger partial charge in [0.25, 0.3) is 0 Å². The summed E-state index contributed by atoms with van der Waals surface area (Å²) in [6.45, 7) is 0.305. The first-order chi connectivity index (χ1) is 5.31. The van der Waals surface area contributed by atoms with E-state index in [0.717, 1.165) is 12.3 Å². The van der Waals surface area contributed by atoms with Gasteiger partial charge < -0.3 is 4.74 Å². The first-order valence-corrected chi connectivity index (χ1v) is 3.87. The number of halogens is 1. The Morgan fingerprint density at radius 2 is 2.55 bits per heavy atom. The van der Waals surface area contributed by atoms with Crippen LogP contribution in [0.1, 0.15) is 0 Å². The van der Waals surface area contributed by atoms with E-state index in [4.69, 9.17) is 5.53 Å². The van der Waals surface area contributed by atoms with Crippen molar-refractivity contribution in [2.75, 3.05) is 11.9 Å². The molecule has 0 aromatic carbocycles. The first kappa shape index (κ1) is 10.0. The molecule has 0 saturated carbocycles. The molecular weight excluding hydrogens is 214 g/mol. The molecule has 0 saturated heterocycles. The molecule has 0 aromatic rings. The SMILES string of the molecule is [N-]=[N+]=N/C=C/C(=O)OCCBr. The molecule has 0 aliphatic carbocycles. The van der Waals surface area contributed by atoms with Gasteiger partial charge in [0.1, 0.15) is 6.61 Å². The molecular formula is C5H6BrN3O2. The topological polar surface area (TPSA) is 75.1 Å². The number of rotatable bonds is 4. The third kappa shape index (κ3) is 6.89. The lowest BCUT2D eigenvalue weighted by Crippen LogP contribution is -2.02. The highest BCUT2D eigenvalue weighted by Crippen LogP contribution is 1.85. The second-order valence-corrected chi connectivity index (χ2v) is 2.17. The number of azide groups is 1. The lowest BCUT2D eigenvalue weighted by molar-refractivity contribution is -0.137. The Bertz CT molecular complexity index is 198. The number of esters is 1. The first-order valence-electron chi connectivity index (χ1n) is 2.74. The molecule has 0 bridgehead atoms. The molecule has 0 spiro atoms. The summed E-state index contributed by atoms with van der Waals surface area (Å²) in [7, 11) is 0. The summed E-state index contributed by atoms with van der Waals surface area (Å²) < 4.78 is 4.58. The quantitative estimate of drug-likeness (QED) is 0.181. The monoisotopic (exact) mass is 219 g/mol. The van der Waals surface area contributed by atoms with Crippen molar-refractivity contribution in [1.29, 1.82) is 0 Å². The van der Waals surface area contributed by atoms with Crippen LogP contribution in [0.25, 0.3) is 10.4 Å². The zero-order chi connectivity index (χ0) is 8.53. The van der Waals surface area contributed by atoms with Gasteiger partial charge >= 0.3 is 5.97 Å². The van der Waals surface area contributed by atoms with Crippen LogP contribution in [0.4, 0.5) is 0 Å². The van der Waals surface area contributed by atoms with Crippen LogP contribution in [0, 0.1) is 0 Å². The van der Waals surface area contributed by atoms with Crippen molar-refractivity contribution >= 4 is 21.9 Å². The van der Waals surface area contributed by atoms with Crippen LogP contribution in [-0.4, -0.2) is 17.9 Å². The maximum Gasteiger partial charge on any atom is 0.330 e. The van der Waals surface area contributed by atoms with E-state index < -0.39 is 5.97 Å².